The number of carbonyl (C=O) groups is 1. The lowest BCUT2D eigenvalue weighted by Gasteiger charge is -2.10. The van der Waals surface area contributed by atoms with Crippen molar-refractivity contribution in [2.45, 2.75) is 26.7 Å². The number of hydrogen-bond donors (Lipinski definition) is 1. The molecule has 1 aromatic carbocycles. The molecular formula is C16H17NO3. The first-order valence-electron chi connectivity index (χ1n) is 6.45. The van der Waals surface area contributed by atoms with E-state index in [0.717, 1.165) is 0 Å². The lowest BCUT2D eigenvalue weighted by molar-refractivity contribution is 0.0692. The van der Waals surface area contributed by atoms with Crippen molar-refractivity contribution >= 4 is 5.97 Å². The summed E-state index contributed by atoms with van der Waals surface area (Å²) >= 11 is 0. The van der Waals surface area contributed by atoms with Crippen LogP contribution in [0, 0.1) is 6.92 Å². The van der Waals surface area contributed by atoms with E-state index in [1.54, 1.807) is 19.2 Å². The van der Waals surface area contributed by atoms with Gasteiger partial charge in [-0.2, -0.15) is 0 Å². The molecule has 4 heteroatoms. The van der Waals surface area contributed by atoms with Gasteiger partial charge >= 0.3 is 5.97 Å². The molecule has 0 fully saturated rings. The summed E-state index contributed by atoms with van der Waals surface area (Å²) in [4.78, 5) is 15.3. The summed E-state index contributed by atoms with van der Waals surface area (Å²) in [5.41, 5.74) is 1.93. The number of aromatic nitrogens is 1. The molecule has 0 radical (unpaired) electrons. The first-order chi connectivity index (χ1) is 9.49. The second-order valence-electron chi connectivity index (χ2n) is 4.94. The zero-order chi connectivity index (χ0) is 14.7. The molecule has 104 valence electrons. The van der Waals surface area contributed by atoms with Crippen LogP contribution in [0.25, 0.3) is 0 Å². The van der Waals surface area contributed by atoms with Crippen molar-refractivity contribution in [1.29, 1.82) is 0 Å². The third-order valence-electron chi connectivity index (χ3n) is 3.10. The van der Waals surface area contributed by atoms with Gasteiger partial charge in [-0.15, -0.1) is 0 Å². The molecule has 2 aromatic rings. The summed E-state index contributed by atoms with van der Waals surface area (Å²) in [5, 5.41) is 9.22. The summed E-state index contributed by atoms with van der Waals surface area (Å²) in [6.45, 7) is 5.95. The smallest absolute Gasteiger partial charge is 0.341 e. The van der Waals surface area contributed by atoms with Gasteiger partial charge in [-0.05, 0) is 42.2 Å². The van der Waals surface area contributed by atoms with Gasteiger partial charge in [0.05, 0.1) is 0 Å². The molecule has 2 rings (SSSR count). The fourth-order valence-corrected chi connectivity index (χ4v) is 1.90. The second-order valence-corrected chi connectivity index (χ2v) is 4.94. The van der Waals surface area contributed by atoms with Crippen LogP contribution in [0.4, 0.5) is 0 Å². The van der Waals surface area contributed by atoms with Gasteiger partial charge in [-0.25, -0.2) is 9.78 Å². The molecule has 0 amide bonds. The van der Waals surface area contributed by atoms with E-state index in [0.29, 0.717) is 17.2 Å². The van der Waals surface area contributed by atoms with E-state index in [-0.39, 0.29) is 11.4 Å². The Kier molecular flexibility index (Phi) is 4.03. The molecule has 0 spiro atoms. The Morgan fingerprint density at radius 1 is 1.20 bits per heavy atom. The van der Waals surface area contributed by atoms with E-state index in [9.17, 15) is 9.90 Å². The first-order valence-corrected chi connectivity index (χ1v) is 6.45. The van der Waals surface area contributed by atoms with Crippen molar-refractivity contribution in [3.8, 4) is 11.6 Å². The topological polar surface area (TPSA) is 59.4 Å². The van der Waals surface area contributed by atoms with Crippen molar-refractivity contribution < 1.29 is 14.6 Å². The van der Waals surface area contributed by atoms with Crippen molar-refractivity contribution in [3.05, 3.63) is 53.2 Å². The Balaban J connectivity index is 2.30. The zero-order valence-electron chi connectivity index (χ0n) is 11.8. The van der Waals surface area contributed by atoms with E-state index in [2.05, 4.69) is 18.8 Å². The number of carboxylic acid groups (broad SMARTS) is 1. The van der Waals surface area contributed by atoms with Crippen LogP contribution in [0.3, 0.4) is 0 Å². The highest BCUT2D eigenvalue weighted by Crippen LogP contribution is 2.26. The number of carboxylic acids is 1. The second kappa shape index (κ2) is 5.74. The third kappa shape index (κ3) is 2.96. The predicted octanol–water partition coefficient (Wildman–Crippen LogP) is 4.00. The van der Waals surface area contributed by atoms with Crippen LogP contribution in [-0.4, -0.2) is 16.1 Å². The highest BCUT2D eigenvalue weighted by molar-refractivity contribution is 5.91. The predicted molar refractivity (Wildman–Crippen MR) is 76.5 cm³/mol. The maximum atomic E-state index is 11.3. The number of aromatic carboxylic acids is 1. The van der Waals surface area contributed by atoms with Crippen molar-refractivity contribution in [2.24, 2.45) is 0 Å². The van der Waals surface area contributed by atoms with E-state index < -0.39 is 5.97 Å². The number of ether oxygens (including phenoxy) is 1. The van der Waals surface area contributed by atoms with E-state index in [1.807, 2.05) is 24.3 Å². The van der Waals surface area contributed by atoms with Gasteiger partial charge in [0.2, 0.25) is 5.88 Å². The largest absolute Gasteiger partial charge is 0.477 e. The Hall–Kier alpha value is -2.36. The summed E-state index contributed by atoms with van der Waals surface area (Å²) < 4.78 is 5.59. The Bertz CT molecular complexity index is 618. The Morgan fingerprint density at radius 2 is 1.85 bits per heavy atom. The van der Waals surface area contributed by atoms with Crippen molar-refractivity contribution in [2.75, 3.05) is 0 Å². The van der Waals surface area contributed by atoms with Crippen molar-refractivity contribution in [3.63, 3.8) is 0 Å². The van der Waals surface area contributed by atoms with Gasteiger partial charge in [-0.1, -0.05) is 26.0 Å². The van der Waals surface area contributed by atoms with Gasteiger partial charge in [0.25, 0.3) is 0 Å². The van der Waals surface area contributed by atoms with E-state index in [1.165, 1.54) is 5.56 Å². The fraction of sp³-hybridized carbons (Fsp3) is 0.250. The molecule has 0 aliphatic heterocycles. The molecule has 0 aliphatic carbocycles. The maximum absolute atomic E-state index is 11.3. The SMILES string of the molecule is Cc1ccnc(Oc2ccc(C(C)C)cc2)c1C(=O)O. The van der Waals surface area contributed by atoms with Gasteiger partial charge in [0, 0.05) is 6.20 Å². The van der Waals surface area contributed by atoms with Gasteiger partial charge < -0.3 is 9.84 Å². The van der Waals surface area contributed by atoms with E-state index in [4.69, 9.17) is 4.74 Å². The first kappa shape index (κ1) is 14.1. The molecule has 20 heavy (non-hydrogen) atoms. The molecule has 4 nitrogen and oxygen atoms in total. The van der Waals surface area contributed by atoms with Crippen LogP contribution >= 0.6 is 0 Å². The molecule has 0 unspecified atom stereocenters. The maximum Gasteiger partial charge on any atom is 0.341 e. The molecular weight excluding hydrogens is 254 g/mol. The molecule has 0 saturated heterocycles. The molecule has 1 N–H and O–H groups in total. The quantitative estimate of drug-likeness (QED) is 0.912. The molecule has 1 heterocycles. The third-order valence-corrected chi connectivity index (χ3v) is 3.10. The summed E-state index contributed by atoms with van der Waals surface area (Å²) in [5.74, 6) is 0.102. The Labute approximate surface area is 118 Å². The lowest BCUT2D eigenvalue weighted by Crippen LogP contribution is -2.04. The zero-order valence-corrected chi connectivity index (χ0v) is 11.8. The average Bonchev–Trinajstić information content (AvgIpc) is 2.39. The number of benzene rings is 1. The standard InChI is InChI=1S/C16H17NO3/c1-10(2)12-4-6-13(7-5-12)20-15-14(16(18)19)11(3)8-9-17-15/h4-10H,1-3H3,(H,18,19). The van der Waals surface area contributed by atoms with Crippen molar-refractivity contribution in [1.82, 2.24) is 4.98 Å². The number of hydrogen-bond acceptors (Lipinski definition) is 3. The van der Waals surface area contributed by atoms with Crippen LogP contribution in [0.15, 0.2) is 36.5 Å². The molecule has 1 aromatic heterocycles. The summed E-state index contributed by atoms with van der Waals surface area (Å²) in [6, 6.07) is 9.24. The Morgan fingerprint density at radius 3 is 2.40 bits per heavy atom. The number of pyridine rings is 1. The van der Waals surface area contributed by atoms with Gasteiger partial charge in [0.1, 0.15) is 11.3 Å². The minimum Gasteiger partial charge on any atom is -0.477 e. The number of rotatable bonds is 4. The van der Waals surface area contributed by atoms with Gasteiger partial charge in [0.15, 0.2) is 0 Å². The van der Waals surface area contributed by atoms with Crippen LogP contribution in [0.2, 0.25) is 0 Å². The van der Waals surface area contributed by atoms with E-state index >= 15 is 0 Å². The van der Waals surface area contributed by atoms with Crippen LogP contribution < -0.4 is 4.74 Å². The van der Waals surface area contributed by atoms with Crippen LogP contribution in [-0.2, 0) is 0 Å². The van der Waals surface area contributed by atoms with Crippen LogP contribution in [0.1, 0.15) is 41.3 Å². The normalized spacial score (nSPS) is 10.6. The van der Waals surface area contributed by atoms with Gasteiger partial charge in [-0.3, -0.25) is 0 Å². The summed E-state index contributed by atoms with van der Waals surface area (Å²) in [6.07, 6.45) is 1.54. The minimum atomic E-state index is -1.04. The number of nitrogens with zero attached hydrogens (tertiary/aromatic N) is 1. The minimum absolute atomic E-state index is 0.0976. The average molecular weight is 271 g/mol. The molecule has 0 bridgehead atoms. The monoisotopic (exact) mass is 271 g/mol. The summed E-state index contributed by atoms with van der Waals surface area (Å²) in [7, 11) is 0. The highest BCUT2D eigenvalue weighted by atomic mass is 16.5. The fourth-order valence-electron chi connectivity index (χ4n) is 1.90. The number of aryl methyl sites for hydroxylation is 1. The molecule has 0 aliphatic rings. The molecule has 0 saturated carbocycles. The molecule has 0 atom stereocenters. The highest BCUT2D eigenvalue weighted by Gasteiger charge is 2.16. The lowest BCUT2D eigenvalue weighted by atomic mass is 10.0. The van der Waals surface area contributed by atoms with Crippen LogP contribution in [0.5, 0.6) is 11.6 Å².